The summed E-state index contributed by atoms with van der Waals surface area (Å²) in [5, 5.41) is 0. The predicted molar refractivity (Wildman–Crippen MR) is 68.0 cm³/mol. The molecule has 2 fully saturated rings. The van der Waals surface area contributed by atoms with E-state index in [1.165, 1.54) is 25.8 Å². The molecule has 2 rings (SSSR count). The maximum atomic E-state index is 11.8. The van der Waals surface area contributed by atoms with Crippen molar-refractivity contribution in [1.29, 1.82) is 0 Å². The van der Waals surface area contributed by atoms with Crippen LogP contribution in [0.4, 0.5) is 0 Å². The predicted octanol–water partition coefficient (Wildman–Crippen LogP) is 2.25. The van der Waals surface area contributed by atoms with E-state index < -0.39 is 0 Å². The van der Waals surface area contributed by atoms with Gasteiger partial charge < -0.3 is 9.64 Å². The average Bonchev–Trinajstić information content (AvgIpc) is 2.69. The molecule has 0 radical (unpaired) electrons. The summed E-state index contributed by atoms with van der Waals surface area (Å²) < 4.78 is 5.53. The molecule has 2 heterocycles. The lowest BCUT2D eigenvalue weighted by molar-refractivity contribution is -0.120. The molecule has 3 heteroatoms. The van der Waals surface area contributed by atoms with Gasteiger partial charge in [0.25, 0.3) is 0 Å². The van der Waals surface area contributed by atoms with E-state index in [2.05, 4.69) is 18.7 Å². The molecule has 17 heavy (non-hydrogen) atoms. The highest BCUT2D eigenvalue weighted by molar-refractivity contribution is 5.84. The van der Waals surface area contributed by atoms with E-state index in [0.717, 1.165) is 19.4 Å². The first-order valence-corrected chi connectivity index (χ1v) is 7.10. The second-order valence-corrected chi connectivity index (χ2v) is 5.50. The van der Waals surface area contributed by atoms with Crippen LogP contribution in [0.5, 0.6) is 0 Å². The van der Waals surface area contributed by atoms with Crippen LogP contribution in [-0.4, -0.2) is 42.5 Å². The molecule has 0 aliphatic carbocycles. The summed E-state index contributed by atoms with van der Waals surface area (Å²) in [4.78, 5) is 14.3. The zero-order chi connectivity index (χ0) is 12.3. The van der Waals surface area contributed by atoms with E-state index in [0.29, 0.717) is 18.4 Å². The molecule has 0 saturated carbocycles. The number of ether oxygens (including phenoxy) is 1. The zero-order valence-electron chi connectivity index (χ0n) is 11.2. The molecule has 0 amide bonds. The Kier molecular flexibility index (Phi) is 4.57. The standard InChI is InChI=1S/C14H25NO2/c1-3-14-12(13(16)10-17-14)7-9-15-8-5-4-6-11(15)2/h11-12,14H,3-10H2,1-2H3. The molecule has 3 unspecified atom stereocenters. The van der Waals surface area contributed by atoms with Gasteiger partial charge in [0.15, 0.2) is 5.78 Å². The Balaban J connectivity index is 1.82. The van der Waals surface area contributed by atoms with Crippen molar-refractivity contribution in [1.82, 2.24) is 4.90 Å². The molecule has 0 spiro atoms. The lowest BCUT2D eigenvalue weighted by Gasteiger charge is -2.34. The molecule has 3 nitrogen and oxygen atoms in total. The normalized spacial score (nSPS) is 35.4. The van der Waals surface area contributed by atoms with Gasteiger partial charge in [0.05, 0.1) is 6.10 Å². The summed E-state index contributed by atoms with van der Waals surface area (Å²) in [6.45, 7) is 7.04. The number of ketones is 1. The Bertz CT molecular complexity index is 267. The number of piperidine rings is 1. The molecule has 2 saturated heterocycles. The highest BCUT2D eigenvalue weighted by atomic mass is 16.5. The van der Waals surface area contributed by atoms with Gasteiger partial charge in [-0.1, -0.05) is 13.3 Å². The van der Waals surface area contributed by atoms with Gasteiger partial charge in [-0.05, 0) is 45.7 Å². The van der Waals surface area contributed by atoms with Crippen LogP contribution in [0.3, 0.4) is 0 Å². The van der Waals surface area contributed by atoms with E-state index in [1.807, 2.05) is 0 Å². The molecule has 3 atom stereocenters. The van der Waals surface area contributed by atoms with Crippen LogP contribution in [0.15, 0.2) is 0 Å². The number of hydrogen-bond donors (Lipinski definition) is 0. The van der Waals surface area contributed by atoms with Crippen LogP contribution in [0.1, 0.15) is 46.0 Å². The van der Waals surface area contributed by atoms with Gasteiger partial charge in [-0.25, -0.2) is 0 Å². The largest absolute Gasteiger partial charge is 0.370 e. The monoisotopic (exact) mass is 239 g/mol. The van der Waals surface area contributed by atoms with E-state index >= 15 is 0 Å². The van der Waals surface area contributed by atoms with E-state index in [9.17, 15) is 4.79 Å². The van der Waals surface area contributed by atoms with Crippen molar-refractivity contribution in [2.24, 2.45) is 5.92 Å². The molecule has 0 bridgehead atoms. The molecule has 2 aliphatic rings. The quantitative estimate of drug-likeness (QED) is 0.753. The highest BCUT2D eigenvalue weighted by Crippen LogP contribution is 2.25. The van der Waals surface area contributed by atoms with Gasteiger partial charge >= 0.3 is 0 Å². The summed E-state index contributed by atoms with van der Waals surface area (Å²) >= 11 is 0. The number of nitrogens with zero attached hydrogens (tertiary/aromatic N) is 1. The van der Waals surface area contributed by atoms with Gasteiger partial charge in [0.1, 0.15) is 6.61 Å². The number of Topliss-reactive ketones (excluding diaryl/α,β-unsaturated/α-hetero) is 1. The maximum absolute atomic E-state index is 11.8. The molecule has 0 aromatic carbocycles. The first kappa shape index (κ1) is 13.0. The lowest BCUT2D eigenvalue weighted by atomic mass is 9.93. The van der Waals surface area contributed by atoms with Crippen molar-refractivity contribution < 1.29 is 9.53 Å². The van der Waals surface area contributed by atoms with Crippen LogP contribution < -0.4 is 0 Å². The Morgan fingerprint density at radius 1 is 1.41 bits per heavy atom. The summed E-state index contributed by atoms with van der Waals surface area (Å²) in [6, 6.07) is 0.696. The number of likely N-dealkylation sites (tertiary alicyclic amines) is 1. The van der Waals surface area contributed by atoms with E-state index in [-0.39, 0.29) is 12.0 Å². The van der Waals surface area contributed by atoms with E-state index in [1.54, 1.807) is 0 Å². The van der Waals surface area contributed by atoms with Crippen molar-refractivity contribution in [3.8, 4) is 0 Å². The molecule has 0 aromatic rings. The fourth-order valence-corrected chi connectivity index (χ4v) is 3.16. The van der Waals surface area contributed by atoms with Crippen molar-refractivity contribution in [2.75, 3.05) is 19.7 Å². The average molecular weight is 239 g/mol. The maximum Gasteiger partial charge on any atom is 0.164 e. The van der Waals surface area contributed by atoms with Crippen LogP contribution in [0, 0.1) is 5.92 Å². The molecule has 0 N–H and O–H groups in total. The van der Waals surface area contributed by atoms with Gasteiger partial charge in [-0.3, -0.25) is 4.79 Å². The topological polar surface area (TPSA) is 29.5 Å². The first-order valence-electron chi connectivity index (χ1n) is 7.10. The summed E-state index contributed by atoms with van der Waals surface area (Å²) in [6.07, 6.45) is 6.12. The molecule has 98 valence electrons. The van der Waals surface area contributed by atoms with E-state index in [4.69, 9.17) is 4.74 Å². The van der Waals surface area contributed by atoms with Gasteiger partial charge in [0.2, 0.25) is 0 Å². The number of hydrogen-bond acceptors (Lipinski definition) is 3. The minimum Gasteiger partial charge on any atom is -0.370 e. The second kappa shape index (κ2) is 5.96. The molecular formula is C14H25NO2. The fourth-order valence-electron chi connectivity index (χ4n) is 3.16. The van der Waals surface area contributed by atoms with Crippen LogP contribution in [0.25, 0.3) is 0 Å². The first-order chi connectivity index (χ1) is 8.22. The van der Waals surface area contributed by atoms with Crippen LogP contribution in [-0.2, 0) is 9.53 Å². The second-order valence-electron chi connectivity index (χ2n) is 5.50. The van der Waals surface area contributed by atoms with Crippen molar-refractivity contribution in [3.63, 3.8) is 0 Å². The van der Waals surface area contributed by atoms with Crippen LogP contribution in [0.2, 0.25) is 0 Å². The summed E-state index contributed by atoms with van der Waals surface area (Å²) in [5.41, 5.74) is 0. The third-order valence-corrected chi connectivity index (χ3v) is 4.37. The zero-order valence-corrected chi connectivity index (χ0v) is 11.2. The van der Waals surface area contributed by atoms with Crippen molar-refractivity contribution >= 4 is 5.78 Å². The number of carbonyl (C=O) groups is 1. The van der Waals surface area contributed by atoms with Gasteiger partial charge in [0, 0.05) is 12.0 Å². The SMILES string of the molecule is CCC1OCC(=O)C1CCN1CCCCC1C. The van der Waals surface area contributed by atoms with Gasteiger partial charge in [-0.2, -0.15) is 0 Å². The minimum absolute atomic E-state index is 0.161. The highest BCUT2D eigenvalue weighted by Gasteiger charge is 2.34. The van der Waals surface area contributed by atoms with Crippen molar-refractivity contribution in [3.05, 3.63) is 0 Å². The minimum atomic E-state index is 0.161. The Labute approximate surface area is 105 Å². The Morgan fingerprint density at radius 2 is 2.24 bits per heavy atom. The van der Waals surface area contributed by atoms with Gasteiger partial charge in [-0.15, -0.1) is 0 Å². The number of rotatable bonds is 4. The molecular weight excluding hydrogens is 214 g/mol. The Morgan fingerprint density at radius 3 is 2.94 bits per heavy atom. The summed E-state index contributed by atoms with van der Waals surface area (Å²) in [7, 11) is 0. The third kappa shape index (κ3) is 3.08. The fraction of sp³-hybridized carbons (Fsp3) is 0.929. The molecule has 2 aliphatic heterocycles. The smallest absolute Gasteiger partial charge is 0.164 e. The lowest BCUT2D eigenvalue weighted by Crippen LogP contribution is -2.39. The summed E-state index contributed by atoms with van der Waals surface area (Å²) in [5.74, 6) is 0.482. The Hall–Kier alpha value is -0.410. The third-order valence-electron chi connectivity index (χ3n) is 4.37. The number of carbonyl (C=O) groups excluding carboxylic acids is 1. The molecule has 0 aromatic heterocycles. The van der Waals surface area contributed by atoms with Crippen molar-refractivity contribution in [2.45, 2.75) is 58.1 Å². The van der Waals surface area contributed by atoms with Crippen LogP contribution >= 0.6 is 0 Å².